The fraction of sp³-hybridized carbons (Fsp3) is 1.00. The van der Waals surface area contributed by atoms with Crippen molar-refractivity contribution in [1.29, 1.82) is 0 Å². The Morgan fingerprint density at radius 1 is 1.17 bits per heavy atom. The third-order valence-corrected chi connectivity index (χ3v) is 0. The quantitative estimate of drug-likeness (QED) is 0.382. The van der Waals surface area contributed by atoms with Gasteiger partial charge >= 0.3 is 29.6 Å². The summed E-state index contributed by atoms with van der Waals surface area (Å²) in [7, 11) is 0. The van der Waals surface area contributed by atoms with Crippen LogP contribution in [-0.2, 0) is 0 Å². The van der Waals surface area contributed by atoms with Gasteiger partial charge in [0.1, 0.15) is 0 Å². The van der Waals surface area contributed by atoms with Crippen molar-refractivity contribution in [2.24, 2.45) is 0 Å². The molecule has 0 rings (SSSR count). The Morgan fingerprint density at radius 3 is 1.17 bits per heavy atom. The van der Waals surface area contributed by atoms with Gasteiger partial charge in [0.25, 0.3) is 0 Å². The molecule has 0 aliphatic carbocycles. The first-order chi connectivity index (χ1) is 1.41. The molecule has 0 aromatic heterocycles. The number of rotatable bonds is 0. The molecule has 0 spiro atoms. The van der Waals surface area contributed by atoms with Crippen LogP contribution < -0.4 is 29.6 Å². The summed E-state index contributed by atoms with van der Waals surface area (Å²) in [5.41, 5.74) is 0. The number of hydrogen-bond acceptors (Lipinski definition) is 0. The summed E-state index contributed by atoms with van der Waals surface area (Å²) in [6, 6.07) is 0. The molecule has 0 saturated heterocycles. The van der Waals surface area contributed by atoms with E-state index in [0.717, 1.165) is 15.2 Å². The van der Waals surface area contributed by atoms with E-state index in [9.17, 15) is 0 Å². The summed E-state index contributed by atoms with van der Waals surface area (Å²) in [6.07, 6.45) is 0. The standard InChI is InChI=1S/2CH3.Al.2ClH.Na.H/h2*1H3;;2*1H;;/q;;;;;+1;-1. The van der Waals surface area contributed by atoms with E-state index in [2.05, 4.69) is 11.6 Å². The Labute approximate surface area is 81.8 Å². The van der Waals surface area contributed by atoms with E-state index in [1.165, 1.54) is 0 Å². The maximum absolute atomic E-state index is 2.21. The summed E-state index contributed by atoms with van der Waals surface area (Å²) in [5.74, 6) is 4.42. The molecule has 0 saturated carbocycles. The van der Waals surface area contributed by atoms with Crippen LogP contribution in [0, 0.1) is 0 Å². The Bertz CT molecular complexity index is 15.7. The monoisotopic (exact) mass is 153 g/mol. The smallest absolute Gasteiger partial charge is 1.00 e. The molecular formula is C2H9AlCl2Na. The summed E-state index contributed by atoms with van der Waals surface area (Å²) in [6.45, 7) is 0. The Kier molecular flexibility index (Phi) is 111. The molecule has 0 fully saturated rings. The first-order valence-electron chi connectivity index (χ1n) is 1.15. The molecule has 0 amide bonds. The fourth-order valence-corrected chi connectivity index (χ4v) is 0. The summed E-state index contributed by atoms with van der Waals surface area (Å²) in [5, 5.41) is 0. The van der Waals surface area contributed by atoms with Gasteiger partial charge in [-0.2, -0.15) is 0 Å². The van der Waals surface area contributed by atoms with Gasteiger partial charge in [0.15, 0.2) is 15.2 Å². The van der Waals surface area contributed by atoms with E-state index in [-0.39, 0.29) is 55.8 Å². The normalized spacial score (nSPS) is 2.33. The molecule has 0 unspecified atom stereocenters. The predicted octanol–water partition coefficient (Wildman–Crippen LogP) is -1.25. The summed E-state index contributed by atoms with van der Waals surface area (Å²) >= 11 is 0.750. The van der Waals surface area contributed by atoms with Crippen LogP contribution in [0.3, 0.4) is 0 Å². The van der Waals surface area contributed by atoms with Gasteiger partial charge in [0, 0.05) is 0 Å². The first-order valence-corrected chi connectivity index (χ1v) is 3.46. The maximum atomic E-state index is 2.21. The maximum Gasteiger partial charge on any atom is 1.00 e. The van der Waals surface area contributed by atoms with Crippen molar-refractivity contribution < 1.29 is 31.0 Å². The second-order valence-corrected chi connectivity index (χ2v) is 1.73. The van der Waals surface area contributed by atoms with Crippen LogP contribution in [0.15, 0.2) is 0 Å². The van der Waals surface area contributed by atoms with E-state index in [4.69, 9.17) is 0 Å². The first kappa shape index (κ1) is 24.3. The van der Waals surface area contributed by atoms with Crippen LogP contribution in [-0.4, -0.2) is 15.2 Å². The largest absolute Gasteiger partial charge is 1.00 e. The van der Waals surface area contributed by atoms with Crippen molar-refractivity contribution in [3.8, 4) is 0 Å². The van der Waals surface area contributed by atoms with Gasteiger partial charge in [-0.3, -0.25) is 0 Å². The van der Waals surface area contributed by atoms with Gasteiger partial charge in [-0.1, -0.05) is 0 Å². The van der Waals surface area contributed by atoms with E-state index in [0.29, 0.717) is 0 Å². The molecule has 0 bridgehead atoms. The van der Waals surface area contributed by atoms with Gasteiger partial charge in [0.2, 0.25) is 0 Å². The van der Waals surface area contributed by atoms with Crippen LogP contribution in [0.2, 0.25) is 11.6 Å². The Balaban J connectivity index is -0.00000000333. The fourth-order valence-electron chi connectivity index (χ4n) is 0. The van der Waals surface area contributed by atoms with Gasteiger partial charge in [0.05, 0.1) is 0 Å². The topological polar surface area (TPSA) is 0 Å². The average molecular weight is 154 g/mol. The molecule has 1 radical (unpaired) electrons. The Morgan fingerprint density at radius 2 is 1.17 bits per heavy atom. The average Bonchev–Trinajstić information content (AvgIpc) is 0.918. The van der Waals surface area contributed by atoms with Crippen molar-refractivity contribution in [3.63, 3.8) is 0 Å². The van der Waals surface area contributed by atoms with Gasteiger partial charge in [-0.05, 0) is 0 Å². The van der Waals surface area contributed by atoms with Crippen LogP contribution in [0.5, 0.6) is 0 Å². The van der Waals surface area contributed by atoms with E-state index in [1.807, 2.05) is 0 Å². The van der Waals surface area contributed by atoms with Crippen LogP contribution >= 0.6 is 24.8 Å². The van der Waals surface area contributed by atoms with Crippen LogP contribution in [0.25, 0.3) is 0 Å². The molecule has 0 aliphatic heterocycles. The SMILES string of the molecule is Cl.Cl.[CH3][Al][CH3].[H-].[Na+]. The van der Waals surface area contributed by atoms with Crippen molar-refractivity contribution in [2.45, 2.75) is 11.6 Å². The van der Waals surface area contributed by atoms with Crippen LogP contribution in [0.4, 0.5) is 0 Å². The minimum absolute atomic E-state index is 0. The van der Waals surface area contributed by atoms with E-state index < -0.39 is 0 Å². The van der Waals surface area contributed by atoms with Gasteiger partial charge < -0.3 is 1.43 Å². The predicted molar refractivity (Wildman–Crippen MR) is 33.1 cm³/mol. The van der Waals surface area contributed by atoms with Crippen LogP contribution in [0.1, 0.15) is 1.43 Å². The zero-order valence-corrected chi connectivity index (χ0v) is 9.18. The van der Waals surface area contributed by atoms with Crippen molar-refractivity contribution >= 4 is 40.0 Å². The van der Waals surface area contributed by atoms with Crippen molar-refractivity contribution in [2.75, 3.05) is 0 Å². The molecule has 0 aromatic rings. The van der Waals surface area contributed by atoms with E-state index in [1.54, 1.807) is 0 Å². The number of halogens is 2. The van der Waals surface area contributed by atoms with E-state index >= 15 is 0 Å². The molecule has 6 heavy (non-hydrogen) atoms. The van der Waals surface area contributed by atoms with Crippen molar-refractivity contribution in [3.05, 3.63) is 0 Å². The zero-order valence-electron chi connectivity index (χ0n) is 5.39. The molecule has 4 heteroatoms. The second kappa shape index (κ2) is 27.4. The van der Waals surface area contributed by atoms with Gasteiger partial charge in [-0.25, -0.2) is 0 Å². The minimum atomic E-state index is 0. The molecule has 35 valence electrons. The molecule has 0 aliphatic rings. The third-order valence-electron chi connectivity index (χ3n) is 0. The molecule has 0 nitrogen and oxygen atoms in total. The Hall–Kier alpha value is 2.11. The third kappa shape index (κ3) is 35.8. The van der Waals surface area contributed by atoms with Crippen molar-refractivity contribution in [1.82, 2.24) is 0 Å². The molecule has 0 N–H and O–H groups in total. The molecule has 0 atom stereocenters. The molecular weight excluding hydrogens is 145 g/mol. The zero-order chi connectivity index (χ0) is 2.71. The second-order valence-electron chi connectivity index (χ2n) is 0.577. The minimum Gasteiger partial charge on any atom is -1.00 e. The van der Waals surface area contributed by atoms with Gasteiger partial charge in [-0.15, -0.1) is 36.4 Å². The number of hydrogen-bond donors (Lipinski definition) is 0. The summed E-state index contributed by atoms with van der Waals surface area (Å²) in [4.78, 5) is 0. The molecule has 0 heterocycles. The molecule has 0 aromatic carbocycles. The summed E-state index contributed by atoms with van der Waals surface area (Å²) < 4.78 is 0.